The van der Waals surface area contributed by atoms with Crippen LogP contribution in [0.5, 0.6) is 0 Å². The standard InChI is InChI=1S/C11H20N2OS.2ClH/c1-9(14)7-12-5-6-13-8-11-4-3-10(2)15-11;;/h3-4,9,12-14H,5-8H2,1-2H3;2*1H. The van der Waals surface area contributed by atoms with E-state index in [1.54, 1.807) is 6.92 Å². The topological polar surface area (TPSA) is 44.3 Å². The highest BCUT2D eigenvalue weighted by Crippen LogP contribution is 2.13. The molecule has 1 atom stereocenters. The summed E-state index contributed by atoms with van der Waals surface area (Å²) in [5, 5.41) is 15.5. The van der Waals surface area contributed by atoms with E-state index in [1.807, 2.05) is 11.3 Å². The molecule has 102 valence electrons. The molecule has 0 aliphatic rings. The zero-order valence-corrected chi connectivity index (χ0v) is 12.7. The van der Waals surface area contributed by atoms with E-state index >= 15 is 0 Å². The molecule has 1 rings (SSSR count). The number of rotatable bonds is 7. The molecule has 0 aliphatic carbocycles. The van der Waals surface area contributed by atoms with Crippen LogP contribution in [0.25, 0.3) is 0 Å². The Morgan fingerprint density at radius 1 is 1.24 bits per heavy atom. The monoisotopic (exact) mass is 300 g/mol. The van der Waals surface area contributed by atoms with Crippen LogP contribution in [0.15, 0.2) is 12.1 Å². The van der Waals surface area contributed by atoms with Gasteiger partial charge in [0.05, 0.1) is 6.10 Å². The molecule has 0 amide bonds. The molecule has 3 N–H and O–H groups in total. The van der Waals surface area contributed by atoms with Crippen LogP contribution in [0.3, 0.4) is 0 Å². The first-order valence-corrected chi connectivity index (χ1v) is 6.15. The van der Waals surface area contributed by atoms with Crippen LogP contribution in [0.2, 0.25) is 0 Å². The summed E-state index contributed by atoms with van der Waals surface area (Å²) < 4.78 is 0. The van der Waals surface area contributed by atoms with Crippen molar-refractivity contribution < 1.29 is 5.11 Å². The molecule has 0 aromatic carbocycles. The lowest BCUT2D eigenvalue weighted by molar-refractivity contribution is 0.191. The first-order valence-electron chi connectivity index (χ1n) is 5.33. The zero-order chi connectivity index (χ0) is 11.1. The molecule has 0 radical (unpaired) electrons. The van der Waals surface area contributed by atoms with Gasteiger partial charge in [-0.3, -0.25) is 0 Å². The second-order valence-electron chi connectivity index (χ2n) is 3.74. The summed E-state index contributed by atoms with van der Waals surface area (Å²) in [5.41, 5.74) is 0. The van der Waals surface area contributed by atoms with E-state index in [2.05, 4.69) is 29.7 Å². The van der Waals surface area contributed by atoms with E-state index in [-0.39, 0.29) is 30.9 Å². The van der Waals surface area contributed by atoms with Crippen molar-refractivity contribution in [3.05, 3.63) is 21.9 Å². The molecular weight excluding hydrogens is 279 g/mol. The van der Waals surface area contributed by atoms with Gasteiger partial charge < -0.3 is 15.7 Å². The molecular formula is C11H22Cl2N2OS. The van der Waals surface area contributed by atoms with Gasteiger partial charge in [-0.15, -0.1) is 36.2 Å². The van der Waals surface area contributed by atoms with Crippen molar-refractivity contribution in [2.24, 2.45) is 0 Å². The van der Waals surface area contributed by atoms with Crippen molar-refractivity contribution >= 4 is 36.2 Å². The van der Waals surface area contributed by atoms with Crippen molar-refractivity contribution in [2.45, 2.75) is 26.5 Å². The number of nitrogens with one attached hydrogen (secondary N) is 2. The molecule has 0 fully saturated rings. The molecule has 0 saturated heterocycles. The summed E-state index contributed by atoms with van der Waals surface area (Å²) in [6.45, 7) is 7.35. The summed E-state index contributed by atoms with van der Waals surface area (Å²) in [4.78, 5) is 2.74. The smallest absolute Gasteiger partial charge is 0.0636 e. The molecule has 0 spiro atoms. The predicted octanol–water partition coefficient (Wildman–Crippen LogP) is 1.96. The van der Waals surface area contributed by atoms with Gasteiger partial charge in [-0.2, -0.15) is 0 Å². The van der Waals surface area contributed by atoms with Gasteiger partial charge in [0.15, 0.2) is 0 Å². The predicted molar refractivity (Wildman–Crippen MR) is 79.8 cm³/mol. The third-order valence-corrected chi connectivity index (χ3v) is 3.01. The number of thiophene rings is 1. The Labute approximate surface area is 120 Å². The lowest BCUT2D eigenvalue weighted by atomic mass is 10.4. The van der Waals surface area contributed by atoms with Crippen molar-refractivity contribution in [1.82, 2.24) is 10.6 Å². The minimum atomic E-state index is -0.259. The summed E-state index contributed by atoms with van der Waals surface area (Å²) >= 11 is 1.83. The van der Waals surface area contributed by atoms with E-state index < -0.39 is 0 Å². The van der Waals surface area contributed by atoms with Crippen LogP contribution in [0, 0.1) is 6.92 Å². The Bertz CT molecular complexity index is 282. The Morgan fingerprint density at radius 2 is 1.88 bits per heavy atom. The molecule has 1 heterocycles. The van der Waals surface area contributed by atoms with Crippen molar-refractivity contribution in [2.75, 3.05) is 19.6 Å². The summed E-state index contributed by atoms with van der Waals surface area (Å²) in [5.74, 6) is 0. The maximum Gasteiger partial charge on any atom is 0.0636 e. The number of halogens is 2. The van der Waals surface area contributed by atoms with Gasteiger partial charge in [0, 0.05) is 35.9 Å². The second-order valence-corrected chi connectivity index (χ2v) is 5.11. The summed E-state index contributed by atoms with van der Waals surface area (Å²) in [6.07, 6.45) is -0.259. The van der Waals surface area contributed by atoms with Crippen molar-refractivity contribution in [1.29, 1.82) is 0 Å². The second kappa shape index (κ2) is 11.3. The van der Waals surface area contributed by atoms with E-state index in [4.69, 9.17) is 5.11 Å². The number of hydrogen-bond acceptors (Lipinski definition) is 4. The molecule has 1 aromatic rings. The minimum absolute atomic E-state index is 0. The van der Waals surface area contributed by atoms with Gasteiger partial charge >= 0.3 is 0 Å². The highest BCUT2D eigenvalue weighted by Gasteiger charge is 1.96. The SMILES string of the molecule is Cc1ccc(CNCCNCC(C)O)s1.Cl.Cl. The molecule has 17 heavy (non-hydrogen) atoms. The third kappa shape index (κ3) is 9.83. The van der Waals surface area contributed by atoms with Crippen molar-refractivity contribution in [3.8, 4) is 0 Å². The number of aliphatic hydroxyl groups excluding tert-OH is 1. The Kier molecular flexibility index (Phi) is 12.9. The van der Waals surface area contributed by atoms with Crippen LogP contribution in [0.4, 0.5) is 0 Å². The molecule has 0 bridgehead atoms. The largest absolute Gasteiger partial charge is 0.392 e. The maximum absolute atomic E-state index is 9.01. The average Bonchev–Trinajstić information content (AvgIpc) is 2.57. The first-order chi connectivity index (χ1) is 7.18. The van der Waals surface area contributed by atoms with E-state index in [0.29, 0.717) is 6.54 Å². The highest BCUT2D eigenvalue weighted by atomic mass is 35.5. The fourth-order valence-electron chi connectivity index (χ4n) is 1.28. The Balaban J connectivity index is 0. The normalized spacial score (nSPS) is 11.5. The Hall–Kier alpha value is 0.160. The van der Waals surface area contributed by atoms with E-state index in [9.17, 15) is 0 Å². The molecule has 6 heteroatoms. The molecule has 3 nitrogen and oxygen atoms in total. The summed E-state index contributed by atoms with van der Waals surface area (Å²) in [6, 6.07) is 4.31. The van der Waals surface area contributed by atoms with Crippen LogP contribution in [-0.4, -0.2) is 30.8 Å². The highest BCUT2D eigenvalue weighted by molar-refractivity contribution is 7.11. The van der Waals surface area contributed by atoms with Gasteiger partial charge in [-0.25, -0.2) is 0 Å². The van der Waals surface area contributed by atoms with Crippen LogP contribution < -0.4 is 10.6 Å². The molecule has 0 saturated carbocycles. The number of aliphatic hydroxyl groups is 1. The van der Waals surface area contributed by atoms with Gasteiger partial charge in [-0.05, 0) is 26.0 Å². The molecule has 1 aromatic heterocycles. The third-order valence-electron chi connectivity index (χ3n) is 2.01. The summed E-state index contributed by atoms with van der Waals surface area (Å²) in [7, 11) is 0. The lowest BCUT2D eigenvalue weighted by Gasteiger charge is -2.07. The van der Waals surface area contributed by atoms with E-state index in [1.165, 1.54) is 9.75 Å². The number of hydrogen-bond donors (Lipinski definition) is 3. The minimum Gasteiger partial charge on any atom is -0.392 e. The van der Waals surface area contributed by atoms with Gasteiger partial charge in [-0.1, -0.05) is 0 Å². The first kappa shape index (κ1) is 19.5. The lowest BCUT2D eigenvalue weighted by Crippen LogP contribution is -2.31. The zero-order valence-electron chi connectivity index (χ0n) is 10.2. The molecule has 0 aliphatic heterocycles. The van der Waals surface area contributed by atoms with Crippen LogP contribution in [-0.2, 0) is 6.54 Å². The van der Waals surface area contributed by atoms with Crippen LogP contribution in [0.1, 0.15) is 16.7 Å². The van der Waals surface area contributed by atoms with Crippen LogP contribution >= 0.6 is 36.2 Å². The molecule has 1 unspecified atom stereocenters. The quantitative estimate of drug-likeness (QED) is 0.675. The van der Waals surface area contributed by atoms with Crippen molar-refractivity contribution in [3.63, 3.8) is 0 Å². The fourth-order valence-corrected chi connectivity index (χ4v) is 2.14. The Morgan fingerprint density at radius 3 is 2.41 bits per heavy atom. The maximum atomic E-state index is 9.01. The van der Waals surface area contributed by atoms with Gasteiger partial charge in [0.1, 0.15) is 0 Å². The van der Waals surface area contributed by atoms with Gasteiger partial charge in [0.2, 0.25) is 0 Å². The van der Waals surface area contributed by atoms with Gasteiger partial charge in [0.25, 0.3) is 0 Å². The van der Waals surface area contributed by atoms with E-state index in [0.717, 1.165) is 19.6 Å². The fraction of sp³-hybridized carbons (Fsp3) is 0.636. The number of aryl methyl sites for hydroxylation is 1. The average molecular weight is 301 g/mol.